The summed E-state index contributed by atoms with van der Waals surface area (Å²) in [5.41, 5.74) is 1.56. The molecular weight excluding hydrogens is 248 g/mol. The molecule has 0 atom stereocenters. The highest BCUT2D eigenvalue weighted by molar-refractivity contribution is 6.31. The number of hydrogen-bond donors (Lipinski definition) is 2. The minimum Gasteiger partial charge on any atom is -0.360 e. The smallest absolute Gasteiger partial charge is 0.253 e. The number of amides is 1. The van der Waals surface area contributed by atoms with Crippen LogP contribution in [-0.4, -0.2) is 17.4 Å². The Morgan fingerprint density at radius 3 is 2.94 bits per heavy atom. The molecule has 0 aliphatic heterocycles. The van der Waals surface area contributed by atoms with E-state index in [-0.39, 0.29) is 5.91 Å². The van der Waals surface area contributed by atoms with Crippen molar-refractivity contribution in [3.63, 3.8) is 0 Å². The van der Waals surface area contributed by atoms with Crippen molar-refractivity contribution in [3.05, 3.63) is 35.0 Å². The Kier molecular flexibility index (Phi) is 3.92. The lowest BCUT2D eigenvalue weighted by atomic mass is 10.1. The lowest BCUT2D eigenvalue weighted by Gasteiger charge is -2.06. The summed E-state index contributed by atoms with van der Waals surface area (Å²) < 4.78 is 0. The van der Waals surface area contributed by atoms with Crippen molar-refractivity contribution in [1.29, 1.82) is 0 Å². The first-order chi connectivity index (χ1) is 8.58. The molecule has 3 nitrogen and oxygen atoms in total. The summed E-state index contributed by atoms with van der Waals surface area (Å²) in [5.74, 6) is 0.552. The molecule has 1 aromatic carbocycles. The van der Waals surface area contributed by atoms with Gasteiger partial charge >= 0.3 is 0 Å². The van der Waals surface area contributed by atoms with Crippen LogP contribution in [0.15, 0.2) is 24.4 Å². The van der Waals surface area contributed by atoms with E-state index in [0.717, 1.165) is 17.3 Å². The van der Waals surface area contributed by atoms with Gasteiger partial charge in [-0.2, -0.15) is 0 Å². The van der Waals surface area contributed by atoms with Gasteiger partial charge in [0.05, 0.1) is 5.56 Å². The number of carbonyl (C=O) groups is 1. The van der Waals surface area contributed by atoms with Gasteiger partial charge in [0, 0.05) is 28.7 Å². The van der Waals surface area contributed by atoms with Gasteiger partial charge in [0.2, 0.25) is 0 Å². The van der Waals surface area contributed by atoms with Crippen LogP contribution in [0, 0.1) is 5.92 Å². The molecule has 1 aromatic heterocycles. The number of H-pyrrole nitrogens is 1. The Labute approximate surface area is 112 Å². The van der Waals surface area contributed by atoms with Crippen LogP contribution in [0.25, 0.3) is 10.9 Å². The maximum atomic E-state index is 12.0. The maximum absolute atomic E-state index is 12.0. The Morgan fingerprint density at radius 2 is 2.22 bits per heavy atom. The zero-order valence-electron chi connectivity index (χ0n) is 10.6. The van der Waals surface area contributed by atoms with Crippen LogP contribution in [0.2, 0.25) is 5.02 Å². The van der Waals surface area contributed by atoms with Crippen molar-refractivity contribution in [2.75, 3.05) is 6.54 Å². The van der Waals surface area contributed by atoms with Gasteiger partial charge in [-0.25, -0.2) is 0 Å². The van der Waals surface area contributed by atoms with Gasteiger partial charge in [-0.05, 0) is 24.5 Å². The standard InChI is InChI=1S/C14H17ClN2O/c1-9(2)5-6-16-14(18)12-8-17-13-7-10(15)3-4-11(12)13/h3-4,7-9,17H,5-6H2,1-2H3,(H,16,18). The zero-order valence-corrected chi connectivity index (χ0v) is 11.3. The monoisotopic (exact) mass is 264 g/mol. The van der Waals surface area contributed by atoms with Crippen LogP contribution >= 0.6 is 11.6 Å². The molecule has 0 spiro atoms. The molecule has 1 heterocycles. The van der Waals surface area contributed by atoms with Gasteiger partial charge in [0.25, 0.3) is 5.91 Å². The number of halogens is 1. The van der Waals surface area contributed by atoms with Crippen molar-refractivity contribution in [2.24, 2.45) is 5.92 Å². The first-order valence-corrected chi connectivity index (χ1v) is 6.50. The lowest BCUT2D eigenvalue weighted by Crippen LogP contribution is -2.25. The fraction of sp³-hybridized carbons (Fsp3) is 0.357. The summed E-state index contributed by atoms with van der Waals surface area (Å²) in [7, 11) is 0. The van der Waals surface area contributed by atoms with E-state index in [2.05, 4.69) is 24.1 Å². The summed E-state index contributed by atoms with van der Waals surface area (Å²) >= 11 is 5.91. The average molecular weight is 265 g/mol. The molecule has 96 valence electrons. The lowest BCUT2D eigenvalue weighted by molar-refractivity contribution is 0.0953. The molecule has 0 bridgehead atoms. The molecule has 0 saturated carbocycles. The molecule has 2 N–H and O–H groups in total. The molecule has 0 unspecified atom stereocenters. The molecule has 0 aliphatic rings. The minimum atomic E-state index is -0.0378. The number of aromatic amines is 1. The van der Waals surface area contributed by atoms with Crippen LogP contribution in [0.5, 0.6) is 0 Å². The second-order valence-electron chi connectivity index (χ2n) is 4.83. The third kappa shape index (κ3) is 2.85. The number of nitrogens with one attached hydrogen (secondary N) is 2. The predicted molar refractivity (Wildman–Crippen MR) is 75.1 cm³/mol. The van der Waals surface area contributed by atoms with Gasteiger partial charge in [-0.1, -0.05) is 31.5 Å². The van der Waals surface area contributed by atoms with Crippen LogP contribution in [0.3, 0.4) is 0 Å². The average Bonchev–Trinajstić information content (AvgIpc) is 2.71. The van der Waals surface area contributed by atoms with E-state index in [0.29, 0.717) is 23.0 Å². The van der Waals surface area contributed by atoms with E-state index in [4.69, 9.17) is 11.6 Å². The zero-order chi connectivity index (χ0) is 13.1. The first kappa shape index (κ1) is 13.0. The van der Waals surface area contributed by atoms with E-state index in [9.17, 15) is 4.79 Å². The van der Waals surface area contributed by atoms with Gasteiger partial charge in [0.15, 0.2) is 0 Å². The van der Waals surface area contributed by atoms with Crippen molar-refractivity contribution >= 4 is 28.4 Å². The summed E-state index contributed by atoms with van der Waals surface area (Å²) in [5, 5.41) is 4.50. The molecule has 1 amide bonds. The van der Waals surface area contributed by atoms with E-state index in [1.54, 1.807) is 12.3 Å². The Morgan fingerprint density at radius 1 is 1.44 bits per heavy atom. The summed E-state index contributed by atoms with van der Waals surface area (Å²) in [6.07, 6.45) is 2.71. The Bertz CT molecular complexity index is 560. The van der Waals surface area contributed by atoms with E-state index in [1.807, 2.05) is 12.1 Å². The summed E-state index contributed by atoms with van der Waals surface area (Å²) in [6, 6.07) is 5.48. The highest BCUT2D eigenvalue weighted by Crippen LogP contribution is 2.21. The molecule has 0 fully saturated rings. The van der Waals surface area contributed by atoms with Gasteiger partial charge in [-0.15, -0.1) is 0 Å². The van der Waals surface area contributed by atoms with Crippen LogP contribution in [0.4, 0.5) is 0 Å². The van der Waals surface area contributed by atoms with Crippen LogP contribution in [0.1, 0.15) is 30.6 Å². The number of rotatable bonds is 4. The van der Waals surface area contributed by atoms with Crippen molar-refractivity contribution in [1.82, 2.24) is 10.3 Å². The first-order valence-electron chi connectivity index (χ1n) is 6.12. The second kappa shape index (κ2) is 5.44. The number of aromatic nitrogens is 1. The number of hydrogen-bond acceptors (Lipinski definition) is 1. The minimum absolute atomic E-state index is 0.0378. The quantitative estimate of drug-likeness (QED) is 0.871. The molecule has 18 heavy (non-hydrogen) atoms. The molecular formula is C14H17ClN2O. The van der Waals surface area contributed by atoms with Gasteiger partial charge in [-0.3, -0.25) is 4.79 Å². The number of carbonyl (C=O) groups excluding carboxylic acids is 1. The molecule has 0 saturated heterocycles. The predicted octanol–water partition coefficient (Wildman–Crippen LogP) is 3.60. The van der Waals surface area contributed by atoms with Crippen molar-refractivity contribution in [3.8, 4) is 0 Å². The highest BCUT2D eigenvalue weighted by Gasteiger charge is 2.11. The maximum Gasteiger partial charge on any atom is 0.253 e. The number of benzene rings is 1. The number of fused-ring (bicyclic) bond motifs is 1. The second-order valence-corrected chi connectivity index (χ2v) is 5.27. The van der Waals surface area contributed by atoms with Crippen LogP contribution in [-0.2, 0) is 0 Å². The molecule has 2 aromatic rings. The van der Waals surface area contributed by atoms with E-state index in [1.165, 1.54) is 0 Å². The largest absolute Gasteiger partial charge is 0.360 e. The molecule has 0 radical (unpaired) electrons. The van der Waals surface area contributed by atoms with Crippen molar-refractivity contribution in [2.45, 2.75) is 20.3 Å². The molecule has 2 rings (SSSR count). The fourth-order valence-electron chi connectivity index (χ4n) is 1.86. The SMILES string of the molecule is CC(C)CCNC(=O)c1c[nH]c2cc(Cl)ccc12. The normalized spacial score (nSPS) is 11.1. The van der Waals surface area contributed by atoms with E-state index >= 15 is 0 Å². The van der Waals surface area contributed by atoms with E-state index < -0.39 is 0 Å². The Hall–Kier alpha value is -1.48. The highest BCUT2D eigenvalue weighted by atomic mass is 35.5. The van der Waals surface area contributed by atoms with Gasteiger partial charge < -0.3 is 10.3 Å². The molecule has 0 aliphatic carbocycles. The van der Waals surface area contributed by atoms with Gasteiger partial charge in [0.1, 0.15) is 0 Å². The topological polar surface area (TPSA) is 44.9 Å². The van der Waals surface area contributed by atoms with Crippen molar-refractivity contribution < 1.29 is 4.79 Å². The summed E-state index contributed by atoms with van der Waals surface area (Å²) in [6.45, 7) is 4.98. The van der Waals surface area contributed by atoms with Crippen LogP contribution < -0.4 is 5.32 Å². The fourth-order valence-corrected chi connectivity index (χ4v) is 2.03. The third-order valence-corrected chi connectivity index (χ3v) is 3.13. The third-order valence-electron chi connectivity index (χ3n) is 2.90. The summed E-state index contributed by atoms with van der Waals surface area (Å²) in [4.78, 5) is 15.1. The molecule has 4 heteroatoms. The Balaban J connectivity index is 2.13.